The molecule has 7 aromatic rings. The Morgan fingerprint density at radius 1 is 0.527 bits per heavy atom. The summed E-state index contributed by atoms with van der Waals surface area (Å²) in [6.07, 6.45) is 10.5. The van der Waals surface area contributed by atoms with E-state index in [2.05, 4.69) is 198 Å². The van der Waals surface area contributed by atoms with Crippen LogP contribution in [0.2, 0.25) is 0 Å². The molecule has 0 atom stereocenters. The lowest BCUT2D eigenvalue weighted by atomic mass is 10.1. The van der Waals surface area contributed by atoms with Crippen molar-refractivity contribution in [2.45, 2.75) is 13.8 Å². The number of hydrogen-bond acceptors (Lipinski definition) is 6. The molecule has 0 radical (unpaired) electrons. The third-order valence-corrected chi connectivity index (χ3v) is 10.2. The molecule has 0 bridgehead atoms. The van der Waals surface area contributed by atoms with Crippen LogP contribution in [0, 0.1) is 0 Å². The first-order chi connectivity index (χ1) is 27.2. The van der Waals surface area contributed by atoms with Crippen LogP contribution in [0.3, 0.4) is 0 Å². The quantitative estimate of drug-likeness (QED) is 0.169. The second-order valence-corrected chi connectivity index (χ2v) is 13.4. The Balaban J connectivity index is 1.02. The van der Waals surface area contributed by atoms with Gasteiger partial charge in [0.1, 0.15) is 0 Å². The van der Waals surface area contributed by atoms with E-state index >= 15 is 0 Å². The summed E-state index contributed by atoms with van der Waals surface area (Å²) in [6, 6.07) is 52.9. The number of para-hydroxylation sites is 6. The molecular weight excluding hydrogens is 675 g/mol. The van der Waals surface area contributed by atoms with Gasteiger partial charge >= 0.3 is 0 Å². The average molecular weight is 716 g/mol. The highest BCUT2D eigenvalue weighted by molar-refractivity contribution is 5.97. The highest BCUT2D eigenvalue weighted by Gasteiger charge is 2.28. The fourth-order valence-corrected chi connectivity index (χ4v) is 7.54. The van der Waals surface area contributed by atoms with Crippen LogP contribution in [0.1, 0.15) is 19.4 Å². The first kappa shape index (κ1) is 33.7. The topological polar surface area (TPSA) is 52.5 Å². The van der Waals surface area contributed by atoms with Crippen LogP contribution in [-0.2, 0) is 0 Å². The van der Waals surface area contributed by atoms with Crippen molar-refractivity contribution in [3.05, 3.63) is 187 Å². The Kier molecular flexibility index (Phi) is 9.02. The number of aromatic nitrogens is 3. The third kappa shape index (κ3) is 6.36. The van der Waals surface area contributed by atoms with Gasteiger partial charge in [-0.25, -0.2) is 9.67 Å². The van der Waals surface area contributed by atoms with Gasteiger partial charge in [-0.2, -0.15) is 0 Å². The minimum atomic E-state index is 0.662. The van der Waals surface area contributed by atoms with Gasteiger partial charge < -0.3 is 20.0 Å². The van der Waals surface area contributed by atoms with Crippen LogP contribution in [0.15, 0.2) is 182 Å². The molecule has 1 aromatic heterocycles. The zero-order valence-corrected chi connectivity index (χ0v) is 30.9. The van der Waals surface area contributed by atoms with E-state index in [9.17, 15) is 0 Å². The minimum absolute atomic E-state index is 0.662. The van der Waals surface area contributed by atoms with Gasteiger partial charge in [-0.1, -0.05) is 78.9 Å². The zero-order valence-electron chi connectivity index (χ0n) is 30.9. The summed E-state index contributed by atoms with van der Waals surface area (Å²) in [5, 5.41) is 8.59. The predicted octanol–water partition coefficient (Wildman–Crippen LogP) is 11.9. The lowest BCUT2D eigenvalue weighted by Crippen LogP contribution is -2.26. The van der Waals surface area contributed by atoms with Crippen molar-refractivity contribution < 1.29 is 0 Å². The van der Waals surface area contributed by atoms with Gasteiger partial charge in [0, 0.05) is 47.5 Å². The van der Waals surface area contributed by atoms with Crippen LogP contribution in [-0.4, -0.2) is 27.9 Å². The second kappa shape index (κ2) is 14.7. The lowest BCUT2D eigenvalue weighted by Gasteiger charge is -2.39. The Bertz CT molecular complexity index is 2500. The Morgan fingerprint density at radius 3 is 1.78 bits per heavy atom. The summed E-state index contributed by atoms with van der Waals surface area (Å²) in [6.45, 7) is 6.11. The minimum Gasteiger partial charge on any atom is -0.360 e. The number of anilines is 7. The van der Waals surface area contributed by atoms with Gasteiger partial charge in [0.2, 0.25) is 0 Å². The van der Waals surface area contributed by atoms with E-state index in [1.165, 1.54) is 22.6 Å². The normalized spacial score (nSPS) is 15.1. The highest BCUT2D eigenvalue weighted by atomic mass is 15.4. The van der Waals surface area contributed by atoms with Crippen molar-refractivity contribution in [2.75, 3.05) is 33.1 Å². The molecule has 0 saturated heterocycles. The van der Waals surface area contributed by atoms with Gasteiger partial charge in [-0.05, 0) is 116 Å². The number of likely N-dealkylation sites (N-methyl/N-ethyl adjacent to an activating group) is 1. The Labute approximate surface area is 322 Å². The maximum atomic E-state index is 5.15. The van der Waals surface area contributed by atoms with Gasteiger partial charge in [-0.15, -0.1) is 5.10 Å². The van der Waals surface area contributed by atoms with E-state index < -0.39 is 0 Å². The summed E-state index contributed by atoms with van der Waals surface area (Å²) in [5.41, 5.74) is 13.1. The lowest BCUT2D eigenvalue weighted by molar-refractivity contribution is 0.890. The molecule has 0 saturated carbocycles. The molecule has 0 spiro atoms. The number of nitrogens with one attached hydrogen (secondary N) is 1. The maximum absolute atomic E-state index is 5.15. The van der Waals surface area contributed by atoms with Crippen molar-refractivity contribution in [3.8, 4) is 28.5 Å². The number of benzene rings is 6. The zero-order chi connectivity index (χ0) is 37.1. The molecule has 0 aliphatic carbocycles. The molecule has 2 aliphatic rings. The summed E-state index contributed by atoms with van der Waals surface area (Å²) in [5.74, 6) is 1.44. The SMILES string of the molecule is CCN1C(=C\Nc2ccc(-c3nc(-c4ccc(N5c6ccccc6N(CC)c6ccccc65)cc4)n(-c4ccccc4)n3)cc2)/C=C\C=C/c2ccccc21. The number of hydrogen-bond donors (Lipinski definition) is 1. The van der Waals surface area contributed by atoms with E-state index in [1.807, 2.05) is 22.9 Å². The summed E-state index contributed by atoms with van der Waals surface area (Å²) >= 11 is 0. The monoisotopic (exact) mass is 715 g/mol. The van der Waals surface area contributed by atoms with Gasteiger partial charge in [-0.3, -0.25) is 0 Å². The molecule has 0 fully saturated rings. The van der Waals surface area contributed by atoms with Crippen molar-refractivity contribution in [1.29, 1.82) is 0 Å². The van der Waals surface area contributed by atoms with Gasteiger partial charge in [0.15, 0.2) is 11.6 Å². The van der Waals surface area contributed by atoms with E-state index in [0.29, 0.717) is 5.82 Å². The molecule has 268 valence electrons. The van der Waals surface area contributed by atoms with Crippen LogP contribution in [0.5, 0.6) is 0 Å². The van der Waals surface area contributed by atoms with Crippen molar-refractivity contribution in [3.63, 3.8) is 0 Å². The number of allylic oxidation sites excluding steroid dienone is 3. The van der Waals surface area contributed by atoms with Crippen LogP contribution in [0.25, 0.3) is 34.5 Å². The molecule has 3 heterocycles. The van der Waals surface area contributed by atoms with Crippen molar-refractivity contribution in [1.82, 2.24) is 14.8 Å². The smallest absolute Gasteiger partial charge is 0.182 e. The van der Waals surface area contributed by atoms with E-state index in [0.717, 1.165) is 64.2 Å². The molecule has 1 N–H and O–H groups in total. The fourth-order valence-electron chi connectivity index (χ4n) is 7.54. The standard InChI is InChI=1S/C48H41N7/c1-3-52-41(20-10-8-16-35-17-9-11-21-42(35)52)34-49-38-30-26-36(27-31-38)47-50-48(55(51-47)40-18-6-5-7-19-40)37-28-32-39(33-29-37)54-45-24-14-12-22-43(45)53(4-2)44-23-13-15-25-46(44)54/h5-34,49H,3-4H2,1-2H3/b16-8-,20-10-,41-34-. The molecule has 6 aromatic carbocycles. The Hall–Kier alpha value is -7.12. The predicted molar refractivity (Wildman–Crippen MR) is 229 cm³/mol. The molecule has 7 nitrogen and oxygen atoms in total. The molecular formula is C48H41N7. The highest BCUT2D eigenvalue weighted by Crippen LogP contribution is 2.51. The van der Waals surface area contributed by atoms with E-state index in [4.69, 9.17) is 10.1 Å². The van der Waals surface area contributed by atoms with Gasteiger partial charge in [0.05, 0.1) is 34.1 Å². The number of rotatable bonds is 8. The molecule has 7 heteroatoms. The first-order valence-corrected chi connectivity index (χ1v) is 18.9. The van der Waals surface area contributed by atoms with E-state index in [-0.39, 0.29) is 0 Å². The average Bonchev–Trinajstić information content (AvgIpc) is 3.69. The number of nitrogens with zero attached hydrogens (tertiary/aromatic N) is 6. The fraction of sp³-hybridized carbons (Fsp3) is 0.0833. The molecule has 2 aliphatic heterocycles. The molecule has 55 heavy (non-hydrogen) atoms. The second-order valence-electron chi connectivity index (χ2n) is 13.4. The van der Waals surface area contributed by atoms with Crippen LogP contribution < -0.4 is 20.0 Å². The van der Waals surface area contributed by atoms with E-state index in [1.54, 1.807) is 0 Å². The van der Waals surface area contributed by atoms with Gasteiger partial charge in [0.25, 0.3) is 0 Å². The van der Waals surface area contributed by atoms with Crippen LogP contribution >= 0.6 is 0 Å². The maximum Gasteiger partial charge on any atom is 0.182 e. The summed E-state index contributed by atoms with van der Waals surface area (Å²) < 4.78 is 1.94. The Morgan fingerprint density at radius 2 is 1.11 bits per heavy atom. The molecule has 0 amide bonds. The third-order valence-electron chi connectivity index (χ3n) is 10.2. The largest absolute Gasteiger partial charge is 0.360 e. The summed E-state index contributed by atoms with van der Waals surface area (Å²) in [7, 11) is 0. The van der Waals surface area contributed by atoms with Crippen molar-refractivity contribution in [2.24, 2.45) is 0 Å². The summed E-state index contributed by atoms with van der Waals surface area (Å²) in [4.78, 5) is 12.2. The number of fused-ring (bicyclic) bond motifs is 3. The molecule has 0 unspecified atom stereocenters. The van der Waals surface area contributed by atoms with Crippen molar-refractivity contribution >= 4 is 45.9 Å². The first-order valence-electron chi connectivity index (χ1n) is 18.9. The van der Waals surface area contributed by atoms with Crippen LogP contribution in [0.4, 0.5) is 39.8 Å². The molecule has 9 rings (SSSR count).